The predicted molar refractivity (Wildman–Crippen MR) is 83.6 cm³/mol. The van der Waals surface area contributed by atoms with E-state index in [0.717, 1.165) is 5.69 Å². The van der Waals surface area contributed by atoms with Gasteiger partial charge < -0.3 is 14.8 Å². The molecule has 1 aliphatic carbocycles. The van der Waals surface area contributed by atoms with Crippen molar-refractivity contribution in [2.45, 2.75) is 43.3 Å². The molecule has 1 heterocycles. The zero-order valence-corrected chi connectivity index (χ0v) is 14.1. The first-order valence-corrected chi connectivity index (χ1v) is 8.82. The number of sulfonamides is 1. The van der Waals surface area contributed by atoms with E-state index in [1.54, 1.807) is 12.3 Å². The fourth-order valence-corrected chi connectivity index (χ4v) is 3.68. The van der Waals surface area contributed by atoms with Crippen LogP contribution >= 0.6 is 0 Å². The maximum Gasteiger partial charge on any atom is 0.242 e. The molecule has 0 bridgehead atoms. The van der Waals surface area contributed by atoms with E-state index in [-0.39, 0.29) is 6.04 Å². The lowest BCUT2D eigenvalue weighted by Crippen LogP contribution is -2.39. The summed E-state index contributed by atoms with van der Waals surface area (Å²) in [4.78, 5) is 2.30. The van der Waals surface area contributed by atoms with Gasteiger partial charge in [-0.3, -0.25) is 0 Å². The van der Waals surface area contributed by atoms with Crippen LogP contribution in [-0.2, 0) is 23.6 Å². The van der Waals surface area contributed by atoms with Crippen LogP contribution in [0.4, 0.5) is 0 Å². The number of likely N-dealkylation sites (N-methyl/N-ethyl adjacent to an activating group) is 1. The molecule has 1 aromatic rings. The third-order valence-corrected chi connectivity index (χ3v) is 5.09. The second-order valence-corrected chi connectivity index (χ2v) is 7.93. The lowest BCUT2D eigenvalue weighted by atomic mass is 10.3. The molecule has 1 aromatic heterocycles. The summed E-state index contributed by atoms with van der Waals surface area (Å²) in [7, 11) is 2.28. The first-order valence-electron chi connectivity index (χ1n) is 7.33. The number of hydrogen-bond acceptors (Lipinski definition) is 4. The summed E-state index contributed by atoms with van der Waals surface area (Å²) in [5, 5.41) is 3.40. The van der Waals surface area contributed by atoms with Crippen LogP contribution in [0.2, 0.25) is 0 Å². The Morgan fingerprint density at radius 1 is 1.43 bits per heavy atom. The topological polar surface area (TPSA) is 66.4 Å². The fourth-order valence-electron chi connectivity index (χ4n) is 2.35. The van der Waals surface area contributed by atoms with Gasteiger partial charge in [0.1, 0.15) is 0 Å². The molecule has 1 aliphatic rings. The minimum atomic E-state index is -3.46. The van der Waals surface area contributed by atoms with E-state index in [2.05, 4.69) is 10.0 Å². The standard InChI is InChI=1S/C14H26N4O2S/c1-11(9-17(2)3)16-21(19,20)14-7-13(18(4)10-14)8-15-12-5-6-12/h7,10-12,15-16H,5-6,8-9H2,1-4H3. The summed E-state index contributed by atoms with van der Waals surface area (Å²) in [5.74, 6) is 0. The lowest BCUT2D eigenvalue weighted by molar-refractivity contribution is 0.370. The molecule has 0 aliphatic heterocycles. The summed E-state index contributed by atoms with van der Waals surface area (Å²) in [6.07, 6.45) is 4.12. The molecule has 1 fully saturated rings. The second-order valence-electron chi connectivity index (χ2n) is 6.22. The fraction of sp³-hybridized carbons (Fsp3) is 0.714. The van der Waals surface area contributed by atoms with Gasteiger partial charge in [-0.25, -0.2) is 13.1 Å². The van der Waals surface area contributed by atoms with Gasteiger partial charge in [-0.15, -0.1) is 0 Å². The summed E-state index contributed by atoms with van der Waals surface area (Å²) in [6, 6.07) is 2.23. The molecule has 7 heteroatoms. The van der Waals surface area contributed by atoms with Crippen molar-refractivity contribution in [2.75, 3.05) is 20.6 Å². The Bertz CT molecular complexity index is 576. The summed E-state index contributed by atoms with van der Waals surface area (Å²) in [6.45, 7) is 3.25. The van der Waals surface area contributed by atoms with Crippen LogP contribution in [0.3, 0.4) is 0 Å². The lowest BCUT2D eigenvalue weighted by Gasteiger charge is -2.17. The highest BCUT2D eigenvalue weighted by Crippen LogP contribution is 2.20. The number of nitrogens with zero attached hydrogens (tertiary/aromatic N) is 2. The minimum absolute atomic E-state index is 0.127. The maximum absolute atomic E-state index is 12.4. The number of nitrogens with one attached hydrogen (secondary N) is 2. The quantitative estimate of drug-likeness (QED) is 0.733. The molecule has 1 unspecified atom stereocenters. The van der Waals surface area contributed by atoms with Crippen LogP contribution in [0.15, 0.2) is 17.2 Å². The molecule has 0 radical (unpaired) electrons. The van der Waals surface area contributed by atoms with E-state index in [1.807, 2.05) is 37.5 Å². The first kappa shape index (κ1) is 16.5. The smallest absolute Gasteiger partial charge is 0.242 e. The number of rotatable bonds is 8. The van der Waals surface area contributed by atoms with E-state index in [0.29, 0.717) is 24.0 Å². The zero-order valence-electron chi connectivity index (χ0n) is 13.3. The van der Waals surface area contributed by atoms with Crippen LogP contribution in [0.25, 0.3) is 0 Å². The Balaban J connectivity index is 2.03. The largest absolute Gasteiger partial charge is 0.352 e. The molecule has 120 valence electrons. The minimum Gasteiger partial charge on any atom is -0.352 e. The van der Waals surface area contributed by atoms with Crippen molar-refractivity contribution in [2.24, 2.45) is 7.05 Å². The molecule has 2 N–H and O–H groups in total. The Morgan fingerprint density at radius 2 is 2.10 bits per heavy atom. The second kappa shape index (κ2) is 6.48. The average Bonchev–Trinajstić information content (AvgIpc) is 3.08. The van der Waals surface area contributed by atoms with E-state index >= 15 is 0 Å². The van der Waals surface area contributed by atoms with Crippen LogP contribution in [0.5, 0.6) is 0 Å². The molecule has 1 saturated carbocycles. The van der Waals surface area contributed by atoms with Gasteiger partial charge in [-0.05, 0) is 39.9 Å². The van der Waals surface area contributed by atoms with Crippen molar-refractivity contribution in [3.05, 3.63) is 18.0 Å². The molecule has 0 aromatic carbocycles. The Morgan fingerprint density at radius 3 is 2.67 bits per heavy atom. The maximum atomic E-state index is 12.4. The van der Waals surface area contributed by atoms with Crippen molar-refractivity contribution < 1.29 is 8.42 Å². The van der Waals surface area contributed by atoms with Crippen molar-refractivity contribution in [3.63, 3.8) is 0 Å². The molecular weight excluding hydrogens is 288 g/mol. The number of hydrogen-bond donors (Lipinski definition) is 2. The van der Waals surface area contributed by atoms with Gasteiger partial charge in [-0.1, -0.05) is 0 Å². The third-order valence-electron chi connectivity index (χ3n) is 3.54. The van der Waals surface area contributed by atoms with Gasteiger partial charge in [-0.2, -0.15) is 0 Å². The molecule has 21 heavy (non-hydrogen) atoms. The van der Waals surface area contributed by atoms with Crippen molar-refractivity contribution >= 4 is 10.0 Å². The Kier molecular flexibility index (Phi) is 5.08. The molecule has 6 nitrogen and oxygen atoms in total. The summed E-state index contributed by atoms with van der Waals surface area (Å²) < 4.78 is 29.3. The number of aryl methyl sites for hydroxylation is 1. The van der Waals surface area contributed by atoms with E-state index < -0.39 is 10.0 Å². The summed E-state index contributed by atoms with van der Waals surface area (Å²) >= 11 is 0. The van der Waals surface area contributed by atoms with E-state index in [1.165, 1.54) is 12.8 Å². The van der Waals surface area contributed by atoms with Gasteiger partial charge in [0.15, 0.2) is 0 Å². The third kappa shape index (κ3) is 4.81. The highest BCUT2D eigenvalue weighted by molar-refractivity contribution is 7.89. The Labute approximate surface area is 127 Å². The highest BCUT2D eigenvalue weighted by Gasteiger charge is 2.23. The average molecular weight is 314 g/mol. The molecular formula is C14H26N4O2S. The van der Waals surface area contributed by atoms with Crippen LogP contribution in [-0.4, -0.2) is 50.6 Å². The highest BCUT2D eigenvalue weighted by atomic mass is 32.2. The van der Waals surface area contributed by atoms with E-state index in [9.17, 15) is 8.42 Å². The van der Waals surface area contributed by atoms with Crippen molar-refractivity contribution in [1.29, 1.82) is 0 Å². The molecule has 0 spiro atoms. The molecule has 1 atom stereocenters. The van der Waals surface area contributed by atoms with Gasteiger partial charge in [0.25, 0.3) is 0 Å². The van der Waals surface area contributed by atoms with Gasteiger partial charge in [0, 0.05) is 44.1 Å². The monoisotopic (exact) mass is 314 g/mol. The first-order chi connectivity index (χ1) is 9.78. The van der Waals surface area contributed by atoms with Crippen LogP contribution in [0.1, 0.15) is 25.5 Å². The van der Waals surface area contributed by atoms with Gasteiger partial charge in [0.2, 0.25) is 10.0 Å². The molecule has 0 saturated heterocycles. The van der Waals surface area contributed by atoms with Crippen molar-refractivity contribution in [1.82, 2.24) is 19.5 Å². The van der Waals surface area contributed by atoms with Gasteiger partial charge in [0.05, 0.1) is 4.90 Å². The van der Waals surface area contributed by atoms with Gasteiger partial charge >= 0.3 is 0 Å². The Hall–Kier alpha value is -0.890. The normalized spacial score (nSPS) is 17.4. The van der Waals surface area contributed by atoms with Crippen LogP contribution in [0, 0.1) is 0 Å². The van der Waals surface area contributed by atoms with Crippen molar-refractivity contribution in [3.8, 4) is 0 Å². The summed E-state index contributed by atoms with van der Waals surface area (Å²) in [5.41, 5.74) is 0.988. The van der Waals surface area contributed by atoms with E-state index in [4.69, 9.17) is 0 Å². The predicted octanol–water partition coefficient (Wildman–Crippen LogP) is 0.506. The van der Waals surface area contributed by atoms with Crippen LogP contribution < -0.4 is 10.0 Å². The number of aromatic nitrogens is 1. The zero-order chi connectivity index (χ0) is 15.6. The molecule has 2 rings (SSSR count). The molecule has 0 amide bonds. The SMILES string of the molecule is CC(CN(C)C)NS(=O)(=O)c1cc(CNC2CC2)n(C)c1.